The van der Waals surface area contributed by atoms with Crippen molar-refractivity contribution in [2.75, 3.05) is 0 Å². The molecule has 4 nitrogen and oxygen atoms in total. The van der Waals surface area contributed by atoms with E-state index in [4.69, 9.17) is 0 Å². The highest BCUT2D eigenvalue weighted by atomic mass is 16.2. The standard InChI is InChI=1S/C22H38NO3/c1-5-7-11-17(3)19(18(4)12-8-6-2)13-9-10-14-20(24)23-21(25)15-16-22(23)26/h15,17-19H,5-14,16H2,1-4H3/q+1. The van der Waals surface area contributed by atoms with Crippen LogP contribution in [-0.4, -0.2) is 22.6 Å². The van der Waals surface area contributed by atoms with Gasteiger partial charge in [-0.05, 0) is 30.6 Å². The van der Waals surface area contributed by atoms with Crippen molar-refractivity contribution >= 4 is 17.7 Å². The second-order valence-electron chi connectivity index (χ2n) is 8.02. The van der Waals surface area contributed by atoms with E-state index in [0.717, 1.165) is 24.2 Å². The number of hydrogen-bond donors (Lipinski definition) is 0. The maximum Gasteiger partial charge on any atom is 0.418 e. The van der Waals surface area contributed by atoms with Crippen molar-refractivity contribution in [2.24, 2.45) is 17.8 Å². The lowest BCUT2D eigenvalue weighted by Gasteiger charge is -2.30. The lowest BCUT2D eigenvalue weighted by molar-refractivity contribution is -0.148. The normalized spacial score (nSPS) is 17.9. The molecule has 0 aromatic carbocycles. The maximum atomic E-state index is 12.1. The second-order valence-corrected chi connectivity index (χ2v) is 8.02. The molecule has 0 saturated carbocycles. The zero-order valence-corrected chi connectivity index (χ0v) is 17.3. The Morgan fingerprint density at radius 3 is 2.00 bits per heavy atom. The topological polar surface area (TPSA) is 54.5 Å². The Morgan fingerprint density at radius 2 is 1.54 bits per heavy atom. The van der Waals surface area contributed by atoms with E-state index in [-0.39, 0.29) is 18.2 Å². The van der Waals surface area contributed by atoms with Crippen molar-refractivity contribution in [2.45, 2.75) is 98.3 Å². The summed E-state index contributed by atoms with van der Waals surface area (Å²) < 4.78 is 0. The Bertz CT molecular complexity index is 430. The van der Waals surface area contributed by atoms with Gasteiger partial charge in [0.25, 0.3) is 5.91 Å². The summed E-state index contributed by atoms with van der Waals surface area (Å²) in [5.74, 6) is 0.983. The molecular formula is C22H38NO3+. The summed E-state index contributed by atoms with van der Waals surface area (Å²) in [5.41, 5.74) is 0. The van der Waals surface area contributed by atoms with E-state index in [1.807, 2.05) is 0 Å². The van der Waals surface area contributed by atoms with Gasteiger partial charge < -0.3 is 0 Å². The Morgan fingerprint density at radius 1 is 0.962 bits per heavy atom. The molecule has 0 aromatic rings. The molecule has 0 aliphatic carbocycles. The van der Waals surface area contributed by atoms with Crippen LogP contribution >= 0.6 is 0 Å². The Balaban J connectivity index is 2.45. The van der Waals surface area contributed by atoms with Gasteiger partial charge in [0, 0.05) is 6.42 Å². The zero-order chi connectivity index (χ0) is 19.5. The molecule has 4 heteroatoms. The van der Waals surface area contributed by atoms with Crippen LogP contribution in [0.3, 0.4) is 0 Å². The average Bonchev–Trinajstić information content (AvgIpc) is 2.95. The fourth-order valence-electron chi connectivity index (χ4n) is 4.12. The third-order valence-electron chi connectivity index (χ3n) is 5.84. The van der Waals surface area contributed by atoms with E-state index < -0.39 is 5.91 Å². The minimum atomic E-state index is -0.445. The highest BCUT2D eigenvalue weighted by Gasteiger charge is 2.42. The molecule has 0 aromatic heterocycles. The van der Waals surface area contributed by atoms with E-state index in [2.05, 4.69) is 27.7 Å². The van der Waals surface area contributed by atoms with Gasteiger partial charge in [-0.25, -0.2) is 4.79 Å². The van der Waals surface area contributed by atoms with Gasteiger partial charge in [0.15, 0.2) is 12.8 Å². The molecule has 1 aliphatic rings. The highest BCUT2D eigenvalue weighted by Crippen LogP contribution is 2.33. The number of carbonyl (C=O) groups excluding carboxylic acids is 3. The molecular weight excluding hydrogens is 326 g/mol. The monoisotopic (exact) mass is 364 g/mol. The van der Waals surface area contributed by atoms with Gasteiger partial charge >= 0.3 is 5.91 Å². The van der Waals surface area contributed by atoms with Crippen LogP contribution in [0.15, 0.2) is 0 Å². The molecule has 2 unspecified atom stereocenters. The van der Waals surface area contributed by atoms with Gasteiger partial charge in [-0.3, -0.25) is 9.59 Å². The molecule has 3 amide bonds. The second kappa shape index (κ2) is 12.1. The smallest absolute Gasteiger partial charge is 0.274 e. The summed E-state index contributed by atoms with van der Waals surface area (Å²) in [6.07, 6.45) is 12.1. The quantitative estimate of drug-likeness (QED) is 0.253. The van der Waals surface area contributed by atoms with E-state index in [9.17, 15) is 14.4 Å². The number of carbonyl (C=O) groups is 3. The molecule has 148 valence electrons. The largest absolute Gasteiger partial charge is 0.418 e. The molecule has 1 rings (SSSR count). The molecule has 0 bridgehead atoms. The van der Waals surface area contributed by atoms with E-state index in [0.29, 0.717) is 24.2 Å². The lowest BCUT2D eigenvalue weighted by atomic mass is 9.76. The Kier molecular flexibility index (Phi) is 10.6. The molecule has 1 saturated heterocycles. The van der Waals surface area contributed by atoms with Crippen LogP contribution in [0.1, 0.15) is 98.3 Å². The molecule has 26 heavy (non-hydrogen) atoms. The minimum Gasteiger partial charge on any atom is -0.274 e. The molecule has 0 N–H and O–H groups in total. The molecule has 1 fully saturated rings. The number of hydrogen-bond acceptors (Lipinski definition) is 3. The van der Waals surface area contributed by atoms with Gasteiger partial charge in [0.05, 0.1) is 0 Å². The SMILES string of the molecule is CCCCC(C)C(CCCCC(=O)N1C(=O)[CH+]CC1=O)C(C)CCCC. The fourth-order valence-corrected chi connectivity index (χ4v) is 4.12. The highest BCUT2D eigenvalue weighted by molar-refractivity contribution is 6.18. The number of amides is 3. The first-order valence-electron chi connectivity index (χ1n) is 10.6. The van der Waals surface area contributed by atoms with Crippen molar-refractivity contribution in [3.63, 3.8) is 0 Å². The van der Waals surface area contributed by atoms with Crippen molar-refractivity contribution < 1.29 is 14.4 Å². The van der Waals surface area contributed by atoms with Crippen molar-refractivity contribution in [3.05, 3.63) is 6.42 Å². The van der Waals surface area contributed by atoms with Gasteiger partial charge in [0.2, 0.25) is 5.91 Å². The van der Waals surface area contributed by atoms with Gasteiger partial charge in [-0.1, -0.05) is 72.6 Å². The predicted molar refractivity (Wildman–Crippen MR) is 105 cm³/mol. The van der Waals surface area contributed by atoms with Crippen LogP contribution in [-0.2, 0) is 14.4 Å². The summed E-state index contributed by atoms with van der Waals surface area (Å²) in [6.45, 7) is 9.25. The molecule has 2 atom stereocenters. The van der Waals surface area contributed by atoms with Crippen LogP contribution in [0.2, 0.25) is 0 Å². The van der Waals surface area contributed by atoms with E-state index >= 15 is 0 Å². The summed E-state index contributed by atoms with van der Waals surface area (Å²) in [4.78, 5) is 36.1. The summed E-state index contributed by atoms with van der Waals surface area (Å²) in [5, 5.41) is 0. The van der Waals surface area contributed by atoms with Crippen LogP contribution in [0.5, 0.6) is 0 Å². The molecule has 1 heterocycles. The fraction of sp³-hybridized carbons (Fsp3) is 0.818. The van der Waals surface area contributed by atoms with Gasteiger partial charge in [0.1, 0.15) is 0 Å². The van der Waals surface area contributed by atoms with Crippen molar-refractivity contribution in [1.29, 1.82) is 0 Å². The summed E-state index contributed by atoms with van der Waals surface area (Å²) in [6, 6.07) is 0. The first-order valence-corrected chi connectivity index (χ1v) is 10.6. The van der Waals surface area contributed by atoms with Crippen molar-refractivity contribution in [1.82, 2.24) is 4.90 Å². The van der Waals surface area contributed by atoms with E-state index in [1.165, 1.54) is 44.9 Å². The maximum absolute atomic E-state index is 12.1. The average molecular weight is 365 g/mol. The third kappa shape index (κ3) is 7.13. The lowest BCUT2D eigenvalue weighted by Crippen LogP contribution is -2.35. The predicted octanol–water partition coefficient (Wildman–Crippen LogP) is 5.31. The van der Waals surface area contributed by atoms with E-state index in [1.54, 1.807) is 0 Å². The van der Waals surface area contributed by atoms with Crippen LogP contribution in [0, 0.1) is 24.2 Å². The first-order chi connectivity index (χ1) is 12.4. The zero-order valence-electron chi connectivity index (χ0n) is 17.3. The van der Waals surface area contributed by atoms with Crippen LogP contribution in [0.25, 0.3) is 0 Å². The number of nitrogens with zero attached hydrogens (tertiary/aromatic N) is 1. The number of rotatable bonds is 13. The Hall–Kier alpha value is -1.32. The van der Waals surface area contributed by atoms with Crippen LogP contribution < -0.4 is 0 Å². The van der Waals surface area contributed by atoms with Crippen molar-refractivity contribution in [3.8, 4) is 0 Å². The number of likely N-dealkylation sites (tertiary alicyclic amines) is 1. The Labute approximate surface area is 160 Å². The van der Waals surface area contributed by atoms with Gasteiger partial charge in [-0.2, -0.15) is 4.90 Å². The minimum absolute atomic E-state index is 0.0660. The molecule has 0 radical (unpaired) electrons. The summed E-state index contributed by atoms with van der Waals surface area (Å²) in [7, 11) is 0. The summed E-state index contributed by atoms with van der Waals surface area (Å²) >= 11 is 0. The van der Waals surface area contributed by atoms with Crippen LogP contribution in [0.4, 0.5) is 0 Å². The molecule has 0 spiro atoms. The van der Waals surface area contributed by atoms with Gasteiger partial charge in [-0.15, -0.1) is 0 Å². The molecule has 1 aliphatic heterocycles. The number of imide groups is 3. The number of unbranched alkanes of at least 4 members (excludes halogenated alkanes) is 3. The first kappa shape index (κ1) is 22.7. The third-order valence-corrected chi connectivity index (χ3v) is 5.84.